The average molecular weight is 435 g/mol. The minimum atomic E-state index is -4.24. The van der Waals surface area contributed by atoms with Crippen LogP contribution >= 0.6 is 0 Å². The van der Waals surface area contributed by atoms with Gasteiger partial charge in [0, 0.05) is 24.3 Å². The van der Waals surface area contributed by atoms with Crippen LogP contribution in [0.2, 0.25) is 0 Å². The van der Waals surface area contributed by atoms with E-state index in [1.165, 1.54) is 10.6 Å². The SMILES string of the molecule is CC(Cc1ccc(-n2ccc(N)nc2=O)cc1)N(CC(F)(F)F)C1CC2(CC(N)C2)C1. The highest BCUT2D eigenvalue weighted by molar-refractivity contribution is 5.36. The van der Waals surface area contributed by atoms with E-state index in [2.05, 4.69) is 4.98 Å². The molecule has 0 amide bonds. The molecule has 2 aliphatic carbocycles. The number of rotatable bonds is 6. The zero-order valence-electron chi connectivity index (χ0n) is 17.5. The van der Waals surface area contributed by atoms with Gasteiger partial charge in [-0.1, -0.05) is 12.1 Å². The van der Waals surface area contributed by atoms with Gasteiger partial charge in [0.25, 0.3) is 0 Å². The van der Waals surface area contributed by atoms with Crippen LogP contribution in [-0.4, -0.2) is 45.3 Å². The molecule has 1 heterocycles. The zero-order valence-corrected chi connectivity index (χ0v) is 17.5. The van der Waals surface area contributed by atoms with Crippen molar-refractivity contribution in [2.24, 2.45) is 11.1 Å². The number of hydrogen-bond donors (Lipinski definition) is 2. The van der Waals surface area contributed by atoms with Crippen molar-refractivity contribution in [3.63, 3.8) is 0 Å². The molecule has 0 saturated heterocycles. The lowest BCUT2D eigenvalue weighted by Gasteiger charge is -2.60. The molecule has 2 fully saturated rings. The van der Waals surface area contributed by atoms with Crippen molar-refractivity contribution in [2.75, 3.05) is 12.3 Å². The third-order valence-corrected chi connectivity index (χ3v) is 6.70. The van der Waals surface area contributed by atoms with Gasteiger partial charge in [0.05, 0.1) is 12.2 Å². The molecule has 2 saturated carbocycles. The number of nitrogens with two attached hydrogens (primary N) is 2. The van der Waals surface area contributed by atoms with E-state index in [1.807, 2.05) is 19.1 Å². The van der Waals surface area contributed by atoms with E-state index in [-0.39, 0.29) is 29.4 Å². The molecule has 1 aromatic heterocycles. The first-order valence-electron chi connectivity index (χ1n) is 10.6. The van der Waals surface area contributed by atoms with Gasteiger partial charge in [-0.25, -0.2) is 4.79 Å². The van der Waals surface area contributed by atoms with Crippen molar-refractivity contribution >= 4 is 5.82 Å². The number of hydrogen-bond acceptors (Lipinski definition) is 5. The Labute approximate surface area is 179 Å². The number of alkyl halides is 3. The molecular formula is C22H28F3N5O. The lowest BCUT2D eigenvalue weighted by Crippen LogP contribution is -2.62. The highest BCUT2D eigenvalue weighted by Gasteiger charge is 2.54. The van der Waals surface area contributed by atoms with Crippen molar-refractivity contribution in [3.8, 4) is 5.69 Å². The maximum Gasteiger partial charge on any atom is 0.401 e. The van der Waals surface area contributed by atoms with Crippen LogP contribution in [-0.2, 0) is 6.42 Å². The van der Waals surface area contributed by atoms with E-state index in [0.29, 0.717) is 12.1 Å². The molecule has 6 nitrogen and oxygen atoms in total. The molecule has 2 aromatic rings. The Morgan fingerprint density at radius 3 is 2.39 bits per heavy atom. The second kappa shape index (κ2) is 7.94. The lowest BCUT2D eigenvalue weighted by molar-refractivity contribution is -0.174. The molecule has 0 radical (unpaired) electrons. The third kappa shape index (κ3) is 4.77. The molecule has 31 heavy (non-hydrogen) atoms. The van der Waals surface area contributed by atoms with Crippen molar-refractivity contribution < 1.29 is 13.2 Å². The van der Waals surface area contributed by atoms with Gasteiger partial charge < -0.3 is 11.5 Å². The van der Waals surface area contributed by atoms with Crippen LogP contribution in [0.25, 0.3) is 5.69 Å². The molecule has 9 heteroatoms. The van der Waals surface area contributed by atoms with Gasteiger partial charge in [0.15, 0.2) is 0 Å². The molecular weight excluding hydrogens is 407 g/mol. The van der Waals surface area contributed by atoms with Crippen LogP contribution in [0.5, 0.6) is 0 Å². The quantitative estimate of drug-likeness (QED) is 0.728. The fourth-order valence-corrected chi connectivity index (χ4v) is 5.28. The highest BCUT2D eigenvalue weighted by atomic mass is 19.4. The van der Waals surface area contributed by atoms with E-state index in [0.717, 1.165) is 31.2 Å². The smallest absolute Gasteiger partial charge is 0.383 e. The first-order valence-corrected chi connectivity index (χ1v) is 10.6. The van der Waals surface area contributed by atoms with Gasteiger partial charge in [-0.3, -0.25) is 9.47 Å². The van der Waals surface area contributed by atoms with Gasteiger partial charge in [-0.15, -0.1) is 0 Å². The fourth-order valence-electron chi connectivity index (χ4n) is 5.28. The van der Waals surface area contributed by atoms with Crippen LogP contribution in [0.4, 0.5) is 19.0 Å². The summed E-state index contributed by atoms with van der Waals surface area (Å²) in [6.45, 7) is 0.955. The third-order valence-electron chi connectivity index (χ3n) is 6.70. The molecule has 4 rings (SSSR count). The first kappa shape index (κ1) is 21.8. The summed E-state index contributed by atoms with van der Waals surface area (Å²) in [4.78, 5) is 17.3. The minimum absolute atomic E-state index is 0.0529. The number of nitrogens with zero attached hydrogens (tertiary/aromatic N) is 3. The predicted molar refractivity (Wildman–Crippen MR) is 113 cm³/mol. The Kier molecular flexibility index (Phi) is 5.59. The van der Waals surface area contributed by atoms with E-state index in [1.54, 1.807) is 23.2 Å². The van der Waals surface area contributed by atoms with Gasteiger partial charge >= 0.3 is 11.9 Å². The van der Waals surface area contributed by atoms with Gasteiger partial charge in [0.1, 0.15) is 5.82 Å². The van der Waals surface area contributed by atoms with Crippen molar-refractivity contribution in [2.45, 2.75) is 63.3 Å². The van der Waals surface area contributed by atoms with Crippen LogP contribution in [0, 0.1) is 5.41 Å². The number of anilines is 1. The molecule has 1 atom stereocenters. The summed E-state index contributed by atoms with van der Waals surface area (Å²) in [6, 6.07) is 8.64. The molecule has 1 aromatic carbocycles. The second-order valence-corrected chi connectivity index (χ2v) is 9.24. The zero-order chi connectivity index (χ0) is 22.4. The standard InChI is InChI=1S/C22H28F3N5O/c1-14(30(13-22(23,24)25)18-11-21(12-18)9-16(26)10-21)8-15-2-4-17(5-3-15)29-7-6-19(27)28-20(29)31/h2-7,14,16,18H,8-13,26H2,1H3,(H2,27,28,31). The van der Waals surface area contributed by atoms with Gasteiger partial charge in [0.2, 0.25) is 0 Å². The summed E-state index contributed by atoms with van der Waals surface area (Å²) in [5.41, 5.74) is 12.7. The van der Waals surface area contributed by atoms with Crippen LogP contribution in [0.1, 0.15) is 38.2 Å². The molecule has 168 valence electrons. The summed E-state index contributed by atoms with van der Waals surface area (Å²) >= 11 is 0. The Balaban J connectivity index is 1.44. The summed E-state index contributed by atoms with van der Waals surface area (Å²) in [5, 5.41) is 0. The maximum absolute atomic E-state index is 13.3. The van der Waals surface area contributed by atoms with E-state index >= 15 is 0 Å². The average Bonchev–Trinajstić information content (AvgIpc) is 2.62. The number of nitrogen functional groups attached to an aromatic ring is 1. The maximum atomic E-state index is 13.3. The van der Waals surface area contributed by atoms with Crippen LogP contribution < -0.4 is 17.2 Å². The highest BCUT2D eigenvalue weighted by Crippen LogP contribution is 2.57. The Hall–Kier alpha value is -2.39. The van der Waals surface area contributed by atoms with Crippen molar-refractivity contribution in [1.29, 1.82) is 0 Å². The molecule has 0 bridgehead atoms. The Bertz CT molecular complexity index is 974. The normalized spacial score (nSPS) is 26.5. The second-order valence-electron chi connectivity index (χ2n) is 9.24. The van der Waals surface area contributed by atoms with Gasteiger partial charge in [-0.2, -0.15) is 18.2 Å². The van der Waals surface area contributed by atoms with E-state index < -0.39 is 18.4 Å². The summed E-state index contributed by atoms with van der Waals surface area (Å²) in [6.07, 6.45) is 1.26. The molecule has 2 aliphatic rings. The number of aromatic nitrogens is 2. The topological polar surface area (TPSA) is 90.2 Å². The number of benzene rings is 1. The van der Waals surface area contributed by atoms with Crippen molar-refractivity contribution in [3.05, 3.63) is 52.6 Å². The van der Waals surface area contributed by atoms with Crippen molar-refractivity contribution in [1.82, 2.24) is 14.5 Å². The summed E-state index contributed by atoms with van der Waals surface area (Å²) < 4.78 is 41.2. The van der Waals surface area contributed by atoms with E-state index in [9.17, 15) is 18.0 Å². The molecule has 4 N–H and O–H groups in total. The van der Waals surface area contributed by atoms with Gasteiger partial charge in [-0.05, 0) is 68.2 Å². The predicted octanol–water partition coefficient (Wildman–Crippen LogP) is 2.88. The Morgan fingerprint density at radius 2 is 1.84 bits per heavy atom. The lowest BCUT2D eigenvalue weighted by atomic mass is 9.52. The largest absolute Gasteiger partial charge is 0.401 e. The summed E-state index contributed by atoms with van der Waals surface area (Å²) in [7, 11) is 0. The van der Waals surface area contributed by atoms with Crippen LogP contribution in [0.3, 0.4) is 0 Å². The Morgan fingerprint density at radius 1 is 1.19 bits per heavy atom. The van der Waals surface area contributed by atoms with Crippen LogP contribution in [0.15, 0.2) is 41.3 Å². The molecule has 1 spiro atoms. The first-order chi connectivity index (χ1) is 14.5. The fraction of sp³-hybridized carbons (Fsp3) is 0.545. The molecule has 1 unspecified atom stereocenters. The molecule has 0 aliphatic heterocycles. The summed E-state index contributed by atoms with van der Waals surface area (Å²) in [5.74, 6) is 0.151. The van der Waals surface area contributed by atoms with E-state index in [4.69, 9.17) is 11.5 Å². The monoisotopic (exact) mass is 435 g/mol. The number of halogens is 3. The minimum Gasteiger partial charge on any atom is -0.383 e.